The molecule has 0 amide bonds. The van der Waals surface area contributed by atoms with Gasteiger partial charge in [0, 0.05) is 31.4 Å². The maximum atomic E-state index is 11.5. The van der Waals surface area contributed by atoms with Crippen molar-refractivity contribution in [3.8, 4) is 0 Å². The number of pyridine rings is 1. The molecule has 1 unspecified atom stereocenters. The Balaban J connectivity index is 1.95. The number of hydrogen-bond acceptors (Lipinski definition) is 4. The van der Waals surface area contributed by atoms with Gasteiger partial charge in [-0.1, -0.05) is 0 Å². The van der Waals surface area contributed by atoms with E-state index in [1.54, 1.807) is 6.92 Å². The predicted molar refractivity (Wildman–Crippen MR) is 77.5 cm³/mol. The van der Waals surface area contributed by atoms with Crippen molar-refractivity contribution >= 4 is 11.7 Å². The van der Waals surface area contributed by atoms with Crippen molar-refractivity contribution in [2.24, 2.45) is 0 Å². The Kier molecular flexibility index (Phi) is 3.38. The highest BCUT2D eigenvalue weighted by molar-refractivity contribution is 5.95. The highest BCUT2D eigenvalue weighted by Gasteiger charge is 2.32. The zero-order valence-electron chi connectivity index (χ0n) is 12.1. The normalized spacial score (nSPS) is 22.9. The summed E-state index contributed by atoms with van der Waals surface area (Å²) in [6, 6.07) is 2.50. The molecule has 1 aromatic heterocycles. The minimum Gasteiger partial charge on any atom is -0.478 e. The van der Waals surface area contributed by atoms with Gasteiger partial charge in [0.15, 0.2) is 0 Å². The molecule has 0 radical (unpaired) electrons. The second kappa shape index (κ2) is 5.05. The number of carboxylic acids is 1. The van der Waals surface area contributed by atoms with E-state index in [4.69, 9.17) is 0 Å². The van der Waals surface area contributed by atoms with E-state index < -0.39 is 5.97 Å². The Morgan fingerprint density at radius 1 is 1.35 bits per heavy atom. The third-order valence-corrected chi connectivity index (χ3v) is 4.45. The Morgan fingerprint density at radius 3 is 2.90 bits per heavy atom. The van der Waals surface area contributed by atoms with Crippen LogP contribution in [0, 0.1) is 13.8 Å². The number of carbonyl (C=O) groups is 1. The van der Waals surface area contributed by atoms with Crippen LogP contribution >= 0.6 is 0 Å². The molecule has 1 atom stereocenters. The van der Waals surface area contributed by atoms with Crippen molar-refractivity contribution in [2.75, 3.05) is 31.1 Å². The molecule has 1 N–H and O–H groups in total. The number of nitrogens with zero attached hydrogens (tertiary/aromatic N) is 3. The molecule has 0 aliphatic carbocycles. The minimum absolute atomic E-state index is 0.363. The quantitative estimate of drug-likeness (QED) is 0.890. The van der Waals surface area contributed by atoms with E-state index >= 15 is 0 Å². The van der Waals surface area contributed by atoms with Crippen LogP contribution in [0.4, 0.5) is 5.69 Å². The number of aromatic carboxylic acids is 1. The summed E-state index contributed by atoms with van der Waals surface area (Å²) in [4.78, 5) is 20.6. The molecular weight excluding hydrogens is 254 g/mol. The molecule has 2 aliphatic heterocycles. The van der Waals surface area contributed by atoms with E-state index in [0.29, 0.717) is 17.3 Å². The Bertz CT molecular complexity index is 544. The first kappa shape index (κ1) is 13.4. The number of hydrogen-bond donors (Lipinski definition) is 1. The summed E-state index contributed by atoms with van der Waals surface area (Å²) in [5.74, 6) is -0.876. The summed E-state index contributed by atoms with van der Waals surface area (Å²) in [6.07, 6.45) is 2.49. The lowest BCUT2D eigenvalue weighted by molar-refractivity contribution is 0.0696. The van der Waals surface area contributed by atoms with Gasteiger partial charge in [-0.15, -0.1) is 0 Å². The summed E-state index contributed by atoms with van der Waals surface area (Å²) >= 11 is 0. The lowest BCUT2D eigenvalue weighted by Crippen LogP contribution is -2.50. The molecule has 0 bridgehead atoms. The topological polar surface area (TPSA) is 56.7 Å². The average Bonchev–Trinajstić information content (AvgIpc) is 2.84. The SMILES string of the molecule is Cc1cc(N2CCN3CCCC3C2)c(C(=O)O)c(C)n1. The Morgan fingerprint density at radius 2 is 2.15 bits per heavy atom. The molecule has 1 aromatic rings. The number of piperazine rings is 1. The van der Waals surface area contributed by atoms with E-state index in [1.165, 1.54) is 19.4 Å². The lowest BCUT2D eigenvalue weighted by atomic mass is 10.1. The van der Waals surface area contributed by atoms with Crippen LogP contribution in [0.15, 0.2) is 6.07 Å². The fourth-order valence-electron chi connectivity index (χ4n) is 3.53. The predicted octanol–water partition coefficient (Wildman–Crippen LogP) is 1.68. The van der Waals surface area contributed by atoms with Gasteiger partial charge in [0.25, 0.3) is 0 Å². The van der Waals surface area contributed by atoms with Gasteiger partial charge in [0.1, 0.15) is 5.56 Å². The van der Waals surface area contributed by atoms with Crippen molar-refractivity contribution < 1.29 is 9.90 Å². The van der Waals surface area contributed by atoms with Gasteiger partial charge in [0.05, 0.1) is 11.4 Å². The zero-order valence-corrected chi connectivity index (χ0v) is 12.1. The number of anilines is 1. The van der Waals surface area contributed by atoms with Gasteiger partial charge in [-0.3, -0.25) is 9.88 Å². The van der Waals surface area contributed by atoms with Crippen molar-refractivity contribution in [1.82, 2.24) is 9.88 Å². The fourth-order valence-corrected chi connectivity index (χ4v) is 3.53. The monoisotopic (exact) mass is 275 g/mol. The number of aryl methyl sites for hydroxylation is 2. The minimum atomic E-state index is -0.876. The molecule has 3 rings (SSSR count). The maximum absolute atomic E-state index is 11.5. The van der Waals surface area contributed by atoms with Crippen LogP contribution in [-0.2, 0) is 0 Å². The van der Waals surface area contributed by atoms with Gasteiger partial charge >= 0.3 is 5.97 Å². The van der Waals surface area contributed by atoms with Crippen LogP contribution in [-0.4, -0.2) is 53.2 Å². The molecular formula is C15H21N3O2. The highest BCUT2D eigenvalue weighted by atomic mass is 16.4. The number of aromatic nitrogens is 1. The summed E-state index contributed by atoms with van der Waals surface area (Å²) in [7, 11) is 0. The molecule has 108 valence electrons. The van der Waals surface area contributed by atoms with E-state index in [-0.39, 0.29) is 0 Å². The zero-order chi connectivity index (χ0) is 14.3. The molecule has 0 saturated carbocycles. The molecule has 0 spiro atoms. The average molecular weight is 275 g/mol. The fraction of sp³-hybridized carbons (Fsp3) is 0.600. The van der Waals surface area contributed by atoms with Crippen LogP contribution in [0.5, 0.6) is 0 Å². The standard InChI is InChI=1S/C15H21N3O2/c1-10-8-13(14(15(19)20)11(2)16-10)18-7-6-17-5-3-4-12(17)9-18/h8,12H,3-7,9H2,1-2H3,(H,19,20). The van der Waals surface area contributed by atoms with Crippen LogP contribution in [0.25, 0.3) is 0 Å². The third-order valence-electron chi connectivity index (χ3n) is 4.45. The molecule has 20 heavy (non-hydrogen) atoms. The lowest BCUT2D eigenvalue weighted by Gasteiger charge is -2.39. The van der Waals surface area contributed by atoms with Crippen molar-refractivity contribution in [3.63, 3.8) is 0 Å². The molecule has 3 heterocycles. The van der Waals surface area contributed by atoms with E-state index in [0.717, 1.165) is 31.0 Å². The summed E-state index contributed by atoms with van der Waals surface area (Å²) in [6.45, 7) is 7.77. The maximum Gasteiger partial charge on any atom is 0.339 e. The Hall–Kier alpha value is -1.62. The summed E-state index contributed by atoms with van der Waals surface area (Å²) < 4.78 is 0. The van der Waals surface area contributed by atoms with E-state index in [1.807, 2.05) is 13.0 Å². The van der Waals surface area contributed by atoms with Gasteiger partial charge in [-0.2, -0.15) is 0 Å². The van der Waals surface area contributed by atoms with Crippen molar-refractivity contribution in [3.05, 3.63) is 23.0 Å². The molecule has 5 nitrogen and oxygen atoms in total. The van der Waals surface area contributed by atoms with E-state index in [2.05, 4.69) is 14.8 Å². The van der Waals surface area contributed by atoms with Crippen LogP contribution in [0.1, 0.15) is 34.6 Å². The van der Waals surface area contributed by atoms with Gasteiger partial charge in [-0.05, 0) is 39.3 Å². The first-order valence-corrected chi connectivity index (χ1v) is 7.27. The highest BCUT2D eigenvalue weighted by Crippen LogP contribution is 2.29. The van der Waals surface area contributed by atoms with Crippen molar-refractivity contribution in [1.29, 1.82) is 0 Å². The van der Waals surface area contributed by atoms with Crippen LogP contribution < -0.4 is 4.90 Å². The van der Waals surface area contributed by atoms with E-state index in [9.17, 15) is 9.90 Å². The second-order valence-electron chi connectivity index (χ2n) is 5.83. The number of rotatable bonds is 2. The van der Waals surface area contributed by atoms with Crippen LogP contribution in [0.3, 0.4) is 0 Å². The Labute approximate surface area is 119 Å². The molecule has 2 aliphatic rings. The number of carboxylic acid groups (broad SMARTS) is 1. The first-order valence-electron chi connectivity index (χ1n) is 7.27. The van der Waals surface area contributed by atoms with Crippen molar-refractivity contribution in [2.45, 2.75) is 32.7 Å². The molecule has 5 heteroatoms. The third kappa shape index (κ3) is 2.26. The second-order valence-corrected chi connectivity index (χ2v) is 5.83. The first-order chi connectivity index (χ1) is 9.56. The van der Waals surface area contributed by atoms with Gasteiger partial charge in [-0.25, -0.2) is 4.79 Å². The smallest absolute Gasteiger partial charge is 0.339 e. The van der Waals surface area contributed by atoms with Gasteiger partial charge in [0.2, 0.25) is 0 Å². The molecule has 0 aromatic carbocycles. The summed E-state index contributed by atoms with van der Waals surface area (Å²) in [5, 5.41) is 9.48. The summed E-state index contributed by atoms with van der Waals surface area (Å²) in [5.41, 5.74) is 2.70. The largest absolute Gasteiger partial charge is 0.478 e. The molecule has 2 saturated heterocycles. The van der Waals surface area contributed by atoms with Crippen LogP contribution in [0.2, 0.25) is 0 Å². The molecule has 2 fully saturated rings. The number of fused-ring (bicyclic) bond motifs is 1. The van der Waals surface area contributed by atoms with Gasteiger partial charge < -0.3 is 10.0 Å².